The highest BCUT2D eigenvalue weighted by atomic mass is 28.4. The standard InChI is InChI=1S/C14H25NO2Si/c1-13(2,3)18(4,5)17-14(8-9-16)7-6-12(10-14)11-15/h9,12H,6-8,10H2,1-5H3/t12-,14+/m0/s1. The second-order valence-electron chi connectivity index (χ2n) is 6.98. The summed E-state index contributed by atoms with van der Waals surface area (Å²) in [6, 6.07) is 2.32. The molecule has 1 rings (SSSR count). The van der Waals surface area contributed by atoms with Crippen LogP contribution < -0.4 is 0 Å². The zero-order chi connectivity index (χ0) is 14.0. The van der Waals surface area contributed by atoms with Gasteiger partial charge in [0.25, 0.3) is 0 Å². The first kappa shape index (κ1) is 15.4. The minimum absolute atomic E-state index is 0.0507. The van der Waals surface area contributed by atoms with Crippen molar-refractivity contribution >= 4 is 14.6 Å². The van der Waals surface area contributed by atoms with Crippen molar-refractivity contribution in [3.05, 3.63) is 0 Å². The van der Waals surface area contributed by atoms with Gasteiger partial charge >= 0.3 is 0 Å². The van der Waals surface area contributed by atoms with Crippen molar-refractivity contribution in [1.29, 1.82) is 5.26 Å². The lowest BCUT2D eigenvalue weighted by atomic mass is 9.97. The summed E-state index contributed by atoms with van der Waals surface area (Å²) in [5.41, 5.74) is -0.370. The van der Waals surface area contributed by atoms with Crippen LogP contribution in [0.3, 0.4) is 0 Å². The summed E-state index contributed by atoms with van der Waals surface area (Å²) in [7, 11) is -1.89. The number of nitrogens with zero attached hydrogens (tertiary/aromatic N) is 1. The molecule has 4 heteroatoms. The molecule has 0 spiro atoms. The van der Waals surface area contributed by atoms with Gasteiger partial charge in [0.15, 0.2) is 8.32 Å². The number of carbonyl (C=O) groups is 1. The predicted octanol–water partition coefficient (Wildman–Crippen LogP) is 3.66. The van der Waals surface area contributed by atoms with Crippen LogP contribution in [0.5, 0.6) is 0 Å². The SMILES string of the molecule is CC(C)(C)[Si](C)(C)O[C@@]1(CC=O)CC[C@H](C#N)C1. The molecule has 1 fully saturated rings. The molecule has 0 heterocycles. The normalized spacial score (nSPS) is 29.0. The maximum Gasteiger partial charge on any atom is 0.192 e. The molecule has 0 bridgehead atoms. The summed E-state index contributed by atoms with van der Waals surface area (Å²) in [6.45, 7) is 11.0. The van der Waals surface area contributed by atoms with E-state index in [2.05, 4.69) is 39.9 Å². The van der Waals surface area contributed by atoms with Gasteiger partial charge in [-0.25, -0.2) is 0 Å². The Kier molecular flexibility index (Phi) is 4.40. The van der Waals surface area contributed by atoms with E-state index in [9.17, 15) is 4.79 Å². The summed E-state index contributed by atoms with van der Waals surface area (Å²) in [5, 5.41) is 9.17. The highest BCUT2D eigenvalue weighted by molar-refractivity contribution is 6.74. The van der Waals surface area contributed by atoms with E-state index in [1.165, 1.54) is 0 Å². The number of carbonyl (C=O) groups excluding carboxylic acids is 1. The number of hydrogen-bond acceptors (Lipinski definition) is 3. The topological polar surface area (TPSA) is 50.1 Å². The van der Waals surface area contributed by atoms with Crippen LogP contribution in [0.1, 0.15) is 46.5 Å². The Bertz CT molecular complexity index is 354. The molecule has 0 aromatic heterocycles. The minimum atomic E-state index is -1.89. The van der Waals surface area contributed by atoms with Crippen molar-refractivity contribution in [1.82, 2.24) is 0 Å². The van der Waals surface area contributed by atoms with E-state index >= 15 is 0 Å². The summed E-state index contributed by atoms with van der Waals surface area (Å²) in [5.74, 6) is 0.0507. The molecule has 1 aliphatic rings. The fourth-order valence-corrected chi connectivity index (χ4v) is 4.02. The molecule has 3 nitrogen and oxygen atoms in total. The van der Waals surface area contributed by atoms with Gasteiger partial charge in [0.1, 0.15) is 6.29 Å². The third kappa shape index (κ3) is 3.21. The lowest BCUT2D eigenvalue weighted by Crippen LogP contribution is -2.49. The van der Waals surface area contributed by atoms with E-state index < -0.39 is 8.32 Å². The van der Waals surface area contributed by atoms with Crippen LogP contribution >= 0.6 is 0 Å². The van der Waals surface area contributed by atoms with E-state index in [4.69, 9.17) is 9.69 Å². The van der Waals surface area contributed by atoms with Crippen molar-refractivity contribution in [3.63, 3.8) is 0 Å². The molecule has 1 aliphatic carbocycles. The number of aldehydes is 1. The molecule has 1 saturated carbocycles. The van der Waals surface area contributed by atoms with Gasteiger partial charge in [0.05, 0.1) is 11.7 Å². The highest BCUT2D eigenvalue weighted by Gasteiger charge is 2.48. The van der Waals surface area contributed by atoms with Crippen LogP contribution in [0, 0.1) is 17.2 Å². The summed E-state index contributed by atoms with van der Waals surface area (Å²) >= 11 is 0. The van der Waals surface area contributed by atoms with Crippen molar-refractivity contribution in [3.8, 4) is 6.07 Å². The first-order valence-electron chi connectivity index (χ1n) is 6.69. The first-order chi connectivity index (χ1) is 8.16. The summed E-state index contributed by atoms with van der Waals surface area (Å²) < 4.78 is 6.48. The number of nitriles is 1. The molecular weight excluding hydrogens is 242 g/mol. The molecule has 18 heavy (non-hydrogen) atoms. The number of rotatable bonds is 4. The number of hydrogen-bond donors (Lipinski definition) is 0. The van der Waals surface area contributed by atoms with Crippen molar-refractivity contribution in [2.24, 2.45) is 5.92 Å². The van der Waals surface area contributed by atoms with Gasteiger partial charge in [-0.15, -0.1) is 0 Å². The molecule has 0 aromatic carbocycles. The lowest BCUT2D eigenvalue weighted by molar-refractivity contribution is -0.111. The quantitative estimate of drug-likeness (QED) is 0.577. The monoisotopic (exact) mass is 267 g/mol. The smallest absolute Gasteiger partial charge is 0.192 e. The zero-order valence-corrected chi connectivity index (χ0v) is 13.2. The summed E-state index contributed by atoms with van der Waals surface area (Å²) in [6.07, 6.45) is 3.80. The van der Waals surface area contributed by atoms with E-state index in [0.717, 1.165) is 25.5 Å². The van der Waals surface area contributed by atoms with Gasteiger partial charge in [-0.1, -0.05) is 20.8 Å². The Morgan fingerprint density at radius 2 is 2.11 bits per heavy atom. The Balaban J connectivity index is 2.89. The molecule has 0 amide bonds. The van der Waals surface area contributed by atoms with E-state index in [1.807, 2.05) is 0 Å². The highest BCUT2D eigenvalue weighted by Crippen LogP contribution is 2.46. The molecule has 102 valence electrons. The molecule has 0 saturated heterocycles. The Hall–Kier alpha value is -0.663. The van der Waals surface area contributed by atoms with E-state index in [-0.39, 0.29) is 16.6 Å². The third-order valence-electron chi connectivity index (χ3n) is 4.48. The molecule has 0 aromatic rings. The van der Waals surface area contributed by atoms with Crippen LogP contribution in [0.4, 0.5) is 0 Å². The zero-order valence-electron chi connectivity index (χ0n) is 12.2. The maximum atomic E-state index is 10.9. The third-order valence-corrected chi connectivity index (χ3v) is 9.04. The van der Waals surface area contributed by atoms with Crippen LogP contribution in [-0.4, -0.2) is 20.2 Å². The summed E-state index contributed by atoms with van der Waals surface area (Å²) in [4.78, 5) is 10.9. The Morgan fingerprint density at radius 1 is 1.50 bits per heavy atom. The predicted molar refractivity (Wildman–Crippen MR) is 74.6 cm³/mol. The van der Waals surface area contributed by atoms with Gasteiger partial charge < -0.3 is 9.22 Å². The molecular formula is C14H25NO2Si. The first-order valence-corrected chi connectivity index (χ1v) is 9.60. The van der Waals surface area contributed by atoms with Crippen LogP contribution in [-0.2, 0) is 9.22 Å². The fraction of sp³-hybridized carbons (Fsp3) is 0.857. The molecule has 0 unspecified atom stereocenters. The fourth-order valence-electron chi connectivity index (χ4n) is 2.37. The molecule has 2 atom stereocenters. The van der Waals surface area contributed by atoms with E-state index in [1.54, 1.807) is 0 Å². The van der Waals surface area contributed by atoms with Gasteiger partial charge in [-0.2, -0.15) is 5.26 Å². The largest absolute Gasteiger partial charge is 0.411 e. The van der Waals surface area contributed by atoms with Crippen molar-refractivity contribution < 1.29 is 9.22 Å². The van der Waals surface area contributed by atoms with Crippen LogP contribution in [0.2, 0.25) is 18.1 Å². The second-order valence-corrected chi connectivity index (χ2v) is 11.7. The molecule has 0 radical (unpaired) electrons. The molecule has 0 aliphatic heterocycles. The Labute approximate surface area is 112 Å². The van der Waals surface area contributed by atoms with Gasteiger partial charge in [0, 0.05) is 12.3 Å². The average Bonchev–Trinajstić information content (AvgIpc) is 2.59. The van der Waals surface area contributed by atoms with Crippen LogP contribution in [0.25, 0.3) is 0 Å². The van der Waals surface area contributed by atoms with E-state index in [0.29, 0.717) is 6.42 Å². The van der Waals surface area contributed by atoms with Crippen LogP contribution in [0.15, 0.2) is 0 Å². The maximum absolute atomic E-state index is 10.9. The van der Waals surface area contributed by atoms with Gasteiger partial charge in [0.2, 0.25) is 0 Å². The van der Waals surface area contributed by atoms with Gasteiger partial charge in [-0.05, 0) is 37.4 Å². The van der Waals surface area contributed by atoms with Crippen molar-refractivity contribution in [2.45, 2.75) is 70.2 Å². The minimum Gasteiger partial charge on any atom is -0.411 e. The van der Waals surface area contributed by atoms with Gasteiger partial charge in [-0.3, -0.25) is 0 Å². The Morgan fingerprint density at radius 3 is 2.50 bits per heavy atom. The second kappa shape index (κ2) is 5.14. The average molecular weight is 267 g/mol. The molecule has 0 N–H and O–H groups in total. The van der Waals surface area contributed by atoms with Crippen molar-refractivity contribution in [2.75, 3.05) is 0 Å². The lowest BCUT2D eigenvalue weighted by Gasteiger charge is -2.43.